The molecule has 0 aromatic heterocycles. The van der Waals surface area contributed by atoms with E-state index in [2.05, 4.69) is 5.32 Å². The number of nitrogens with one attached hydrogen (secondary N) is 1. The van der Waals surface area contributed by atoms with Gasteiger partial charge in [-0.25, -0.2) is 13.6 Å². The van der Waals surface area contributed by atoms with E-state index in [0.29, 0.717) is 11.8 Å². The first kappa shape index (κ1) is 18.4. The van der Waals surface area contributed by atoms with Crippen molar-refractivity contribution in [2.24, 2.45) is 0 Å². The molecule has 2 aromatic rings. The Morgan fingerprint density at radius 2 is 1.68 bits per heavy atom. The number of halogens is 2. The third-order valence-electron chi connectivity index (χ3n) is 3.38. The van der Waals surface area contributed by atoms with Crippen molar-refractivity contribution >= 4 is 11.9 Å². The van der Waals surface area contributed by atoms with Crippen LogP contribution in [0.15, 0.2) is 42.5 Å². The minimum absolute atomic E-state index is 0.235. The molecule has 0 heterocycles. The highest BCUT2D eigenvalue weighted by atomic mass is 19.1. The smallest absolute Gasteiger partial charge is 0.339 e. The summed E-state index contributed by atoms with van der Waals surface area (Å²) >= 11 is 0. The summed E-state index contributed by atoms with van der Waals surface area (Å²) in [5, 5.41) is 2.61. The average Bonchev–Trinajstić information content (AvgIpc) is 2.59. The second kappa shape index (κ2) is 8.23. The summed E-state index contributed by atoms with van der Waals surface area (Å²) in [6.45, 7) is 1.61. The molecule has 5 nitrogen and oxygen atoms in total. The fourth-order valence-electron chi connectivity index (χ4n) is 2.03. The van der Waals surface area contributed by atoms with Crippen molar-refractivity contribution in [2.75, 3.05) is 7.11 Å². The molecule has 7 heteroatoms. The van der Waals surface area contributed by atoms with Gasteiger partial charge >= 0.3 is 5.97 Å². The van der Waals surface area contributed by atoms with Crippen molar-refractivity contribution in [2.45, 2.75) is 19.6 Å². The maximum Gasteiger partial charge on any atom is 0.339 e. The van der Waals surface area contributed by atoms with E-state index in [1.54, 1.807) is 31.4 Å². The first-order chi connectivity index (χ1) is 11.9. The second-order valence-corrected chi connectivity index (χ2v) is 5.27. The van der Waals surface area contributed by atoms with Crippen molar-refractivity contribution in [3.05, 3.63) is 65.2 Å². The number of amides is 1. The van der Waals surface area contributed by atoms with Crippen LogP contribution in [0.2, 0.25) is 0 Å². The number of benzene rings is 2. The quantitative estimate of drug-likeness (QED) is 0.815. The Labute approximate surface area is 143 Å². The van der Waals surface area contributed by atoms with Crippen LogP contribution in [0.4, 0.5) is 8.78 Å². The number of carbonyl (C=O) groups is 2. The van der Waals surface area contributed by atoms with E-state index in [0.717, 1.165) is 17.7 Å². The van der Waals surface area contributed by atoms with Crippen LogP contribution in [0.1, 0.15) is 22.8 Å². The number of methoxy groups -OCH3 is 1. The lowest BCUT2D eigenvalue weighted by Gasteiger charge is -2.14. The van der Waals surface area contributed by atoms with E-state index in [1.807, 2.05) is 0 Å². The van der Waals surface area contributed by atoms with Gasteiger partial charge in [0, 0.05) is 12.6 Å². The molecule has 1 atom stereocenters. The van der Waals surface area contributed by atoms with Crippen LogP contribution in [-0.2, 0) is 16.1 Å². The fourth-order valence-corrected chi connectivity index (χ4v) is 2.03. The highest BCUT2D eigenvalue weighted by molar-refractivity contribution is 5.92. The highest BCUT2D eigenvalue weighted by Crippen LogP contribution is 2.12. The molecule has 1 amide bonds. The summed E-state index contributed by atoms with van der Waals surface area (Å²) in [6, 6.07) is 9.39. The van der Waals surface area contributed by atoms with Gasteiger partial charge in [0.25, 0.3) is 5.91 Å². The molecule has 0 aliphatic heterocycles. The molecule has 0 unspecified atom stereocenters. The van der Waals surface area contributed by atoms with Gasteiger partial charge in [0.1, 0.15) is 17.4 Å². The van der Waals surface area contributed by atoms with Gasteiger partial charge in [0.05, 0.1) is 12.7 Å². The van der Waals surface area contributed by atoms with Crippen LogP contribution in [0.25, 0.3) is 0 Å². The molecule has 25 heavy (non-hydrogen) atoms. The Bertz CT molecular complexity index is 742. The number of rotatable bonds is 6. The van der Waals surface area contributed by atoms with Gasteiger partial charge in [-0.05, 0) is 36.8 Å². The Hall–Kier alpha value is -2.96. The Morgan fingerprint density at radius 1 is 1.08 bits per heavy atom. The van der Waals surface area contributed by atoms with Crippen molar-refractivity contribution < 1.29 is 27.8 Å². The third-order valence-corrected chi connectivity index (χ3v) is 3.38. The SMILES string of the molecule is COc1ccc(CNC(=O)[C@H](C)OC(=O)c2cc(F)cc(F)c2)cc1. The Kier molecular flexibility index (Phi) is 6.05. The summed E-state index contributed by atoms with van der Waals surface area (Å²) < 4.78 is 36.2. The van der Waals surface area contributed by atoms with Crippen LogP contribution < -0.4 is 10.1 Å². The van der Waals surface area contributed by atoms with Crippen molar-refractivity contribution in [1.82, 2.24) is 5.32 Å². The molecule has 2 rings (SSSR count). The lowest BCUT2D eigenvalue weighted by molar-refractivity contribution is -0.129. The predicted molar refractivity (Wildman–Crippen MR) is 86.1 cm³/mol. The molecule has 0 saturated heterocycles. The predicted octanol–water partition coefficient (Wildman–Crippen LogP) is 2.84. The number of carbonyl (C=O) groups excluding carboxylic acids is 2. The number of ether oxygens (including phenoxy) is 2. The Balaban J connectivity index is 1.89. The van der Waals surface area contributed by atoms with Gasteiger partial charge in [-0.2, -0.15) is 0 Å². The van der Waals surface area contributed by atoms with E-state index in [1.165, 1.54) is 6.92 Å². The molecule has 0 bridgehead atoms. The molecule has 0 aliphatic rings. The van der Waals surface area contributed by atoms with Crippen LogP contribution >= 0.6 is 0 Å². The summed E-state index contributed by atoms with van der Waals surface area (Å²) in [5.74, 6) is -2.61. The van der Waals surface area contributed by atoms with Gasteiger partial charge < -0.3 is 14.8 Å². The van der Waals surface area contributed by atoms with Gasteiger partial charge in [-0.15, -0.1) is 0 Å². The molecule has 0 radical (unpaired) electrons. The summed E-state index contributed by atoms with van der Waals surface area (Å²) in [5.41, 5.74) is 0.534. The van der Waals surface area contributed by atoms with Gasteiger partial charge in [-0.3, -0.25) is 4.79 Å². The molecule has 0 aliphatic carbocycles. The molecule has 0 spiro atoms. The van der Waals surface area contributed by atoms with Crippen molar-refractivity contribution in [1.29, 1.82) is 0 Å². The van der Waals surface area contributed by atoms with E-state index in [-0.39, 0.29) is 12.1 Å². The normalized spacial score (nSPS) is 11.5. The van der Waals surface area contributed by atoms with E-state index in [4.69, 9.17) is 9.47 Å². The lowest BCUT2D eigenvalue weighted by Crippen LogP contribution is -2.35. The summed E-state index contributed by atoms with van der Waals surface area (Å²) in [6.07, 6.45) is -1.11. The zero-order valence-corrected chi connectivity index (χ0v) is 13.7. The lowest BCUT2D eigenvalue weighted by atomic mass is 10.2. The van der Waals surface area contributed by atoms with Crippen LogP contribution in [0.5, 0.6) is 5.75 Å². The van der Waals surface area contributed by atoms with Crippen LogP contribution in [-0.4, -0.2) is 25.1 Å². The largest absolute Gasteiger partial charge is 0.497 e. The van der Waals surface area contributed by atoms with Crippen LogP contribution in [0.3, 0.4) is 0 Å². The van der Waals surface area contributed by atoms with E-state index < -0.39 is 29.6 Å². The van der Waals surface area contributed by atoms with Crippen LogP contribution in [0, 0.1) is 11.6 Å². The van der Waals surface area contributed by atoms with Crippen molar-refractivity contribution in [3.8, 4) is 5.75 Å². The number of hydrogen-bond acceptors (Lipinski definition) is 4. The monoisotopic (exact) mass is 349 g/mol. The zero-order chi connectivity index (χ0) is 18.4. The summed E-state index contributed by atoms with van der Waals surface area (Å²) in [7, 11) is 1.55. The molecular formula is C18H17F2NO4. The van der Waals surface area contributed by atoms with Gasteiger partial charge in [0.15, 0.2) is 6.10 Å². The van der Waals surface area contributed by atoms with E-state index in [9.17, 15) is 18.4 Å². The van der Waals surface area contributed by atoms with Gasteiger partial charge in [-0.1, -0.05) is 12.1 Å². The first-order valence-electron chi connectivity index (χ1n) is 7.46. The number of esters is 1. The standard InChI is InChI=1S/C18H17F2NO4/c1-11(25-18(23)13-7-14(19)9-15(20)8-13)17(22)21-10-12-3-5-16(24-2)6-4-12/h3-9,11H,10H2,1-2H3,(H,21,22)/t11-/m0/s1. The first-order valence-corrected chi connectivity index (χ1v) is 7.46. The average molecular weight is 349 g/mol. The second-order valence-electron chi connectivity index (χ2n) is 5.27. The maximum atomic E-state index is 13.1. The zero-order valence-electron chi connectivity index (χ0n) is 13.7. The summed E-state index contributed by atoms with van der Waals surface area (Å²) in [4.78, 5) is 23.8. The molecule has 1 N–H and O–H groups in total. The van der Waals surface area contributed by atoms with Gasteiger partial charge in [0.2, 0.25) is 0 Å². The van der Waals surface area contributed by atoms with E-state index >= 15 is 0 Å². The highest BCUT2D eigenvalue weighted by Gasteiger charge is 2.19. The molecule has 0 saturated carbocycles. The third kappa shape index (κ3) is 5.27. The molecular weight excluding hydrogens is 332 g/mol. The topological polar surface area (TPSA) is 64.6 Å². The Morgan fingerprint density at radius 3 is 2.24 bits per heavy atom. The molecule has 0 fully saturated rings. The van der Waals surface area contributed by atoms with Crippen molar-refractivity contribution in [3.63, 3.8) is 0 Å². The minimum atomic E-state index is -1.11. The molecule has 132 valence electrons. The minimum Gasteiger partial charge on any atom is -0.497 e. The fraction of sp³-hybridized carbons (Fsp3) is 0.222. The molecule has 2 aromatic carbocycles. The number of hydrogen-bond donors (Lipinski definition) is 1. The maximum absolute atomic E-state index is 13.1.